The van der Waals surface area contributed by atoms with E-state index in [4.69, 9.17) is 10.8 Å². The van der Waals surface area contributed by atoms with Crippen molar-refractivity contribution in [3.05, 3.63) is 93.4 Å². The Balaban J connectivity index is 0.00000114. The number of hydrogen-bond donors (Lipinski definition) is 5. The number of fused-ring (bicyclic) bond motifs is 1. The first kappa shape index (κ1) is 31.6. The van der Waals surface area contributed by atoms with E-state index in [1.54, 1.807) is 24.3 Å². The van der Waals surface area contributed by atoms with E-state index in [0.29, 0.717) is 30.4 Å². The van der Waals surface area contributed by atoms with Crippen LogP contribution in [0, 0.1) is 0 Å². The smallest absolute Gasteiger partial charge is 0.326 e. The third-order valence-electron chi connectivity index (χ3n) is 6.67. The zero-order chi connectivity index (χ0) is 30.6. The predicted octanol–water partition coefficient (Wildman–Crippen LogP) is 3.99. The van der Waals surface area contributed by atoms with Crippen LogP contribution in [0.3, 0.4) is 0 Å². The van der Waals surface area contributed by atoms with Crippen LogP contribution in [0.1, 0.15) is 66.6 Å². The fourth-order valence-electron chi connectivity index (χ4n) is 4.25. The van der Waals surface area contributed by atoms with Gasteiger partial charge in [0.2, 0.25) is 5.95 Å². The van der Waals surface area contributed by atoms with Crippen LogP contribution >= 0.6 is 0 Å². The van der Waals surface area contributed by atoms with Crippen LogP contribution in [0.4, 0.5) is 5.95 Å². The van der Waals surface area contributed by atoms with E-state index in [1.807, 2.05) is 41.1 Å². The van der Waals surface area contributed by atoms with Gasteiger partial charge in [-0.2, -0.15) is 4.98 Å². The zero-order valence-electron chi connectivity index (χ0n) is 23.8. The molecule has 2 aromatic carbocycles. The molecule has 42 heavy (non-hydrogen) atoms. The molecule has 0 aliphatic heterocycles. The predicted molar refractivity (Wildman–Crippen MR) is 161 cm³/mol. The molecular formula is C31H37N5O6. The summed E-state index contributed by atoms with van der Waals surface area (Å²) in [6.45, 7) is 4.89. The molecule has 6 N–H and O–H groups in total. The number of anilines is 1. The highest BCUT2D eigenvalue weighted by molar-refractivity contribution is 5.96. The molecule has 4 rings (SSSR count). The van der Waals surface area contributed by atoms with Crippen LogP contribution in [0.2, 0.25) is 0 Å². The summed E-state index contributed by atoms with van der Waals surface area (Å²) in [6.07, 6.45) is 5.07. The summed E-state index contributed by atoms with van der Waals surface area (Å²) in [5, 5.41) is 20.9. The molecule has 11 nitrogen and oxygen atoms in total. The number of rotatable bonds is 12. The number of nitrogen functional groups attached to an aromatic ring is 1. The lowest BCUT2D eigenvalue weighted by molar-refractivity contribution is -0.140. The van der Waals surface area contributed by atoms with E-state index < -0.39 is 23.9 Å². The van der Waals surface area contributed by atoms with Crippen molar-refractivity contribution in [2.75, 3.05) is 5.73 Å². The highest BCUT2D eigenvalue weighted by Gasteiger charge is 2.21. The molecule has 0 unspecified atom stereocenters. The Morgan fingerprint density at radius 3 is 2.24 bits per heavy atom. The molecule has 0 spiro atoms. The summed E-state index contributed by atoms with van der Waals surface area (Å²) in [6, 6.07) is 15.2. The number of benzene rings is 2. The number of nitrogens with zero attached hydrogens (tertiary/aromatic N) is 2. The van der Waals surface area contributed by atoms with E-state index in [2.05, 4.69) is 29.1 Å². The minimum absolute atomic E-state index is 0.0448. The van der Waals surface area contributed by atoms with E-state index >= 15 is 0 Å². The van der Waals surface area contributed by atoms with Crippen molar-refractivity contribution in [2.24, 2.45) is 0 Å². The fourth-order valence-corrected chi connectivity index (χ4v) is 4.25. The molecule has 2 heterocycles. The Labute approximate surface area is 243 Å². The number of aliphatic carboxylic acids is 2. The molecule has 1 atom stereocenters. The average molecular weight is 576 g/mol. The SMILES string of the molecule is CCCC.Nc1nc2c(c(CCc3ccc(C(=O)N[C@@H](CCC(=O)O)C(=O)O)cc3)cn2Cc2ccccc2)c(=O)[nH]1. The lowest BCUT2D eigenvalue weighted by atomic mass is 10.0. The first-order valence-electron chi connectivity index (χ1n) is 13.9. The van der Waals surface area contributed by atoms with Gasteiger partial charge in [0.05, 0.1) is 5.39 Å². The minimum Gasteiger partial charge on any atom is -0.481 e. The van der Waals surface area contributed by atoms with Gasteiger partial charge >= 0.3 is 11.9 Å². The van der Waals surface area contributed by atoms with E-state index in [1.165, 1.54) is 12.8 Å². The second-order valence-electron chi connectivity index (χ2n) is 9.91. The van der Waals surface area contributed by atoms with Crippen LogP contribution in [0.5, 0.6) is 0 Å². The molecule has 11 heteroatoms. The van der Waals surface area contributed by atoms with Crippen LogP contribution in [0.15, 0.2) is 65.6 Å². The highest BCUT2D eigenvalue weighted by Crippen LogP contribution is 2.21. The maximum atomic E-state index is 12.7. The van der Waals surface area contributed by atoms with Crippen LogP contribution in [-0.2, 0) is 29.0 Å². The van der Waals surface area contributed by atoms with Crippen molar-refractivity contribution in [3.8, 4) is 0 Å². The number of unbranched alkanes of at least 4 members (excludes halogenated alkanes) is 1. The summed E-state index contributed by atoms with van der Waals surface area (Å²) >= 11 is 0. The first-order valence-corrected chi connectivity index (χ1v) is 13.9. The second kappa shape index (κ2) is 15.2. The van der Waals surface area contributed by atoms with Crippen molar-refractivity contribution in [2.45, 2.75) is 65.0 Å². The standard InChI is InChI=1S/C27H27N5O6.C4H10/c28-27-30-23-22(25(36)31-27)19(15-32(23)14-17-4-2-1-3-5-17)11-8-16-6-9-18(10-7-16)24(35)29-20(26(37)38)12-13-21(33)34;1-3-4-2/h1-7,9-10,15,20H,8,11-14H2,(H,29,35)(H,33,34)(H,37,38)(H3,28,30,31,36);3-4H2,1-2H3/t20-;/m0./s1. The largest absolute Gasteiger partial charge is 0.481 e. The lowest BCUT2D eigenvalue weighted by Crippen LogP contribution is -2.41. The Hall–Kier alpha value is -4.93. The number of aromatic amines is 1. The maximum absolute atomic E-state index is 12.7. The van der Waals surface area contributed by atoms with E-state index in [-0.39, 0.29) is 29.9 Å². The van der Waals surface area contributed by atoms with Crippen LogP contribution in [-0.4, -0.2) is 48.6 Å². The first-order chi connectivity index (χ1) is 20.1. The Morgan fingerprint density at radius 1 is 0.976 bits per heavy atom. The molecule has 0 aliphatic rings. The van der Waals surface area contributed by atoms with Crippen LogP contribution < -0.4 is 16.6 Å². The monoisotopic (exact) mass is 575 g/mol. The van der Waals surface area contributed by atoms with Gasteiger partial charge in [-0.1, -0.05) is 69.2 Å². The molecule has 0 radical (unpaired) electrons. The van der Waals surface area contributed by atoms with Gasteiger partial charge in [-0.3, -0.25) is 19.4 Å². The molecular weight excluding hydrogens is 538 g/mol. The van der Waals surface area contributed by atoms with Gasteiger partial charge in [-0.05, 0) is 48.1 Å². The Bertz CT molecular complexity index is 1560. The quantitative estimate of drug-likeness (QED) is 0.168. The van der Waals surface area contributed by atoms with Crippen molar-refractivity contribution in [1.82, 2.24) is 19.9 Å². The van der Waals surface area contributed by atoms with Gasteiger partial charge in [0.25, 0.3) is 11.5 Å². The number of nitrogens with one attached hydrogen (secondary N) is 2. The molecule has 0 saturated carbocycles. The summed E-state index contributed by atoms with van der Waals surface area (Å²) < 4.78 is 1.91. The molecule has 2 aromatic heterocycles. The number of aryl methyl sites for hydroxylation is 2. The molecule has 0 fully saturated rings. The third kappa shape index (κ3) is 8.79. The van der Waals surface area contributed by atoms with Crippen molar-refractivity contribution in [3.63, 3.8) is 0 Å². The van der Waals surface area contributed by atoms with Crippen molar-refractivity contribution >= 4 is 34.8 Å². The summed E-state index contributed by atoms with van der Waals surface area (Å²) in [7, 11) is 0. The number of H-pyrrole nitrogens is 1. The van der Waals surface area contributed by atoms with Gasteiger partial charge in [0.1, 0.15) is 11.7 Å². The number of carboxylic acids is 2. The number of amides is 1. The molecule has 0 bridgehead atoms. The topological polar surface area (TPSA) is 180 Å². The Kier molecular flexibility index (Phi) is 11.4. The maximum Gasteiger partial charge on any atom is 0.326 e. The number of carbonyl (C=O) groups is 3. The highest BCUT2D eigenvalue weighted by atomic mass is 16.4. The van der Waals surface area contributed by atoms with Crippen molar-refractivity contribution in [1.29, 1.82) is 0 Å². The summed E-state index contributed by atoms with van der Waals surface area (Å²) in [5.41, 5.74) is 9.04. The Morgan fingerprint density at radius 2 is 1.64 bits per heavy atom. The fraction of sp³-hybridized carbons (Fsp3) is 0.323. The van der Waals surface area contributed by atoms with Crippen molar-refractivity contribution < 1.29 is 24.6 Å². The number of carboxylic acid groups (broad SMARTS) is 2. The lowest BCUT2D eigenvalue weighted by Gasteiger charge is -2.13. The molecule has 222 valence electrons. The number of carbonyl (C=O) groups excluding carboxylic acids is 1. The molecule has 1 amide bonds. The molecule has 4 aromatic rings. The third-order valence-corrected chi connectivity index (χ3v) is 6.67. The summed E-state index contributed by atoms with van der Waals surface area (Å²) in [4.78, 5) is 54.2. The molecule has 0 aliphatic carbocycles. The van der Waals surface area contributed by atoms with Gasteiger partial charge in [-0.15, -0.1) is 0 Å². The number of nitrogens with two attached hydrogens (primary N) is 1. The number of aromatic nitrogens is 3. The summed E-state index contributed by atoms with van der Waals surface area (Å²) in [5.74, 6) is -3.00. The van der Waals surface area contributed by atoms with Gasteiger partial charge < -0.3 is 25.8 Å². The van der Waals surface area contributed by atoms with Gasteiger partial charge in [0.15, 0.2) is 0 Å². The average Bonchev–Trinajstić information content (AvgIpc) is 3.31. The van der Waals surface area contributed by atoms with Gasteiger partial charge in [0, 0.05) is 24.7 Å². The minimum atomic E-state index is -1.30. The number of hydrogen-bond acceptors (Lipinski definition) is 6. The molecule has 0 saturated heterocycles. The normalized spacial score (nSPS) is 11.4. The second-order valence-corrected chi connectivity index (χ2v) is 9.91. The zero-order valence-corrected chi connectivity index (χ0v) is 23.8. The van der Waals surface area contributed by atoms with Crippen LogP contribution in [0.25, 0.3) is 11.0 Å². The van der Waals surface area contributed by atoms with E-state index in [9.17, 15) is 24.3 Å². The van der Waals surface area contributed by atoms with Gasteiger partial charge in [-0.25, -0.2) is 4.79 Å². The van der Waals surface area contributed by atoms with E-state index in [0.717, 1.165) is 16.7 Å².